The van der Waals surface area contributed by atoms with Gasteiger partial charge in [-0.3, -0.25) is 14.3 Å². The number of benzene rings is 3. The number of aromatic nitrogens is 2. The molecule has 1 N–H and O–H groups in total. The zero-order chi connectivity index (χ0) is 28.6. The third kappa shape index (κ3) is 5.37. The van der Waals surface area contributed by atoms with Crippen molar-refractivity contribution in [2.75, 3.05) is 20.2 Å². The van der Waals surface area contributed by atoms with E-state index >= 15 is 0 Å². The first kappa shape index (κ1) is 27.9. The molecule has 2 heterocycles. The molecule has 0 unspecified atom stereocenters. The van der Waals surface area contributed by atoms with Gasteiger partial charge in [-0.25, -0.2) is 0 Å². The number of hydrogen-bond acceptors (Lipinski definition) is 4. The Morgan fingerprint density at radius 2 is 1.77 bits per heavy atom. The minimum Gasteiger partial charge on any atom is -0.497 e. The summed E-state index contributed by atoms with van der Waals surface area (Å²) in [5, 5.41) is 9.99. The fourth-order valence-electron chi connectivity index (χ4n) is 5.68. The highest BCUT2D eigenvalue weighted by atomic mass is 79.9. The lowest BCUT2D eigenvalue weighted by Crippen LogP contribution is -2.69. The molecule has 0 spiro atoms. The van der Waals surface area contributed by atoms with Crippen LogP contribution in [0.25, 0.3) is 10.8 Å². The fourth-order valence-corrected chi connectivity index (χ4v) is 5.95. The molecule has 0 bridgehead atoms. The first-order valence-corrected chi connectivity index (χ1v) is 14.3. The highest BCUT2D eigenvalue weighted by Crippen LogP contribution is 2.34. The Morgan fingerprint density at radius 3 is 2.42 bits per heavy atom. The molecular weight excluding hydrogens is 568 g/mol. The third-order valence-corrected chi connectivity index (χ3v) is 8.40. The van der Waals surface area contributed by atoms with Gasteiger partial charge in [0.2, 0.25) is 11.8 Å². The zero-order valence-electron chi connectivity index (χ0n) is 23.6. The molecule has 4 aromatic rings. The average Bonchev–Trinajstić information content (AvgIpc) is 3.19. The van der Waals surface area contributed by atoms with Gasteiger partial charge in [-0.05, 0) is 73.9 Å². The number of rotatable bonds is 8. The molecule has 0 aliphatic carbocycles. The van der Waals surface area contributed by atoms with Gasteiger partial charge < -0.3 is 15.0 Å². The Hall–Kier alpha value is -3.65. The zero-order valence-corrected chi connectivity index (χ0v) is 25.2. The van der Waals surface area contributed by atoms with E-state index in [0.29, 0.717) is 19.5 Å². The normalized spacial score (nSPS) is 14.3. The number of methoxy groups -OCH3 is 1. The van der Waals surface area contributed by atoms with Crippen LogP contribution in [0.5, 0.6) is 5.75 Å². The largest absolute Gasteiger partial charge is 0.497 e. The summed E-state index contributed by atoms with van der Waals surface area (Å²) in [7, 11) is 1.64. The topological polar surface area (TPSA) is 76.5 Å². The minimum absolute atomic E-state index is 0.0395. The minimum atomic E-state index is -0.651. The molecule has 1 aliphatic rings. The van der Waals surface area contributed by atoms with Crippen LogP contribution in [-0.2, 0) is 28.0 Å². The van der Waals surface area contributed by atoms with Crippen LogP contribution in [0.4, 0.5) is 0 Å². The van der Waals surface area contributed by atoms with Gasteiger partial charge in [0.25, 0.3) is 0 Å². The van der Waals surface area contributed by atoms with Crippen molar-refractivity contribution in [2.45, 2.75) is 52.1 Å². The van der Waals surface area contributed by atoms with Gasteiger partial charge in [-0.1, -0.05) is 52.3 Å². The number of fused-ring (bicyclic) bond motifs is 1. The van der Waals surface area contributed by atoms with Crippen molar-refractivity contribution in [1.29, 1.82) is 0 Å². The molecule has 8 heteroatoms. The van der Waals surface area contributed by atoms with E-state index in [-0.39, 0.29) is 24.3 Å². The maximum Gasteiger partial charge on any atom is 0.227 e. The van der Waals surface area contributed by atoms with Crippen molar-refractivity contribution in [2.24, 2.45) is 0 Å². The summed E-state index contributed by atoms with van der Waals surface area (Å²) in [6.07, 6.45) is 0.524. The summed E-state index contributed by atoms with van der Waals surface area (Å²) in [6, 6.07) is 20.1. The number of ether oxygens (including phenoxy) is 1. The lowest BCUT2D eigenvalue weighted by Gasteiger charge is -2.51. The lowest BCUT2D eigenvalue weighted by molar-refractivity contribution is -0.142. The number of carbonyl (C=O) groups excluding carboxylic acids is 2. The molecule has 0 saturated carbocycles. The maximum atomic E-state index is 13.5. The molecule has 0 atom stereocenters. The molecule has 2 amide bonds. The van der Waals surface area contributed by atoms with Crippen LogP contribution in [0.3, 0.4) is 0 Å². The summed E-state index contributed by atoms with van der Waals surface area (Å²) in [5.41, 5.74) is 4.16. The summed E-state index contributed by atoms with van der Waals surface area (Å²) < 4.78 is 8.35. The number of carbonyl (C=O) groups is 2. The molecule has 1 aromatic heterocycles. The third-order valence-electron chi connectivity index (χ3n) is 7.87. The highest BCUT2D eigenvalue weighted by Gasteiger charge is 2.47. The van der Waals surface area contributed by atoms with E-state index in [9.17, 15) is 9.59 Å². The summed E-state index contributed by atoms with van der Waals surface area (Å²) in [5.74, 6) is 0.706. The van der Waals surface area contributed by atoms with E-state index < -0.39 is 5.54 Å². The van der Waals surface area contributed by atoms with E-state index in [1.807, 2.05) is 84.1 Å². The predicted molar refractivity (Wildman–Crippen MR) is 161 cm³/mol. The van der Waals surface area contributed by atoms with Crippen LogP contribution >= 0.6 is 15.9 Å². The highest BCUT2D eigenvalue weighted by molar-refractivity contribution is 9.10. The van der Waals surface area contributed by atoms with Gasteiger partial charge in [-0.15, -0.1) is 0 Å². The Morgan fingerprint density at radius 1 is 1.05 bits per heavy atom. The van der Waals surface area contributed by atoms with E-state index in [0.717, 1.165) is 49.1 Å². The number of nitrogens with one attached hydrogen (secondary N) is 1. The monoisotopic (exact) mass is 602 g/mol. The average molecular weight is 604 g/mol. The Balaban J connectivity index is 1.35. The molecule has 40 heavy (non-hydrogen) atoms. The van der Waals surface area contributed by atoms with E-state index in [4.69, 9.17) is 4.74 Å². The standard InChI is InChI=1S/C32H35BrN4O3/c1-20(2)37-22(4)28(21(3)35-37)17-31(39)36-18-32(19-36,25-10-12-26(33)13-11-25)34-30(38)15-24-8-6-7-23-9-14-27(40-5)16-29(23)24/h6-14,16,20H,15,17-19H2,1-5H3,(H,34,38). The van der Waals surface area contributed by atoms with Crippen LogP contribution in [-0.4, -0.2) is 46.7 Å². The van der Waals surface area contributed by atoms with Gasteiger partial charge in [-0.2, -0.15) is 5.10 Å². The van der Waals surface area contributed by atoms with Crippen molar-refractivity contribution in [3.8, 4) is 5.75 Å². The van der Waals surface area contributed by atoms with Gasteiger partial charge in [0.1, 0.15) is 11.3 Å². The molecular formula is C32H35BrN4O3. The number of amides is 2. The number of aryl methyl sites for hydroxylation is 1. The van der Waals surface area contributed by atoms with Crippen molar-refractivity contribution >= 4 is 38.5 Å². The Labute approximate surface area is 243 Å². The van der Waals surface area contributed by atoms with Crippen LogP contribution < -0.4 is 10.1 Å². The van der Waals surface area contributed by atoms with E-state index in [1.165, 1.54) is 0 Å². The molecule has 7 nitrogen and oxygen atoms in total. The van der Waals surface area contributed by atoms with Crippen LogP contribution in [0.2, 0.25) is 0 Å². The Kier molecular flexibility index (Phi) is 7.73. The molecule has 0 radical (unpaired) electrons. The van der Waals surface area contributed by atoms with Crippen LogP contribution in [0.1, 0.15) is 48.0 Å². The van der Waals surface area contributed by atoms with Crippen molar-refractivity contribution in [3.05, 3.63) is 93.2 Å². The Bertz CT molecular complexity index is 1570. The van der Waals surface area contributed by atoms with Crippen molar-refractivity contribution in [1.82, 2.24) is 20.0 Å². The summed E-state index contributed by atoms with van der Waals surface area (Å²) in [6.45, 7) is 8.99. The first-order valence-electron chi connectivity index (χ1n) is 13.6. The predicted octanol–water partition coefficient (Wildman–Crippen LogP) is 5.64. The second-order valence-corrected chi connectivity index (χ2v) is 11.8. The van der Waals surface area contributed by atoms with Gasteiger partial charge in [0, 0.05) is 34.9 Å². The van der Waals surface area contributed by atoms with E-state index in [2.05, 4.69) is 40.2 Å². The SMILES string of the molecule is COc1ccc2cccc(CC(=O)NC3(c4ccc(Br)cc4)CN(C(=O)Cc4c(C)nn(C(C)C)c4C)C3)c2c1. The number of halogens is 1. The second kappa shape index (κ2) is 11.1. The fraction of sp³-hybridized carbons (Fsp3) is 0.344. The number of hydrogen-bond donors (Lipinski definition) is 1. The first-order chi connectivity index (χ1) is 19.1. The van der Waals surface area contributed by atoms with Crippen LogP contribution in [0, 0.1) is 13.8 Å². The summed E-state index contributed by atoms with van der Waals surface area (Å²) >= 11 is 3.51. The second-order valence-electron chi connectivity index (χ2n) is 10.9. The molecule has 1 aliphatic heterocycles. The van der Waals surface area contributed by atoms with Gasteiger partial charge in [0.05, 0.1) is 25.6 Å². The quantitative estimate of drug-likeness (QED) is 0.283. The summed E-state index contributed by atoms with van der Waals surface area (Å²) in [4.78, 5) is 28.7. The maximum absolute atomic E-state index is 13.5. The smallest absolute Gasteiger partial charge is 0.227 e. The van der Waals surface area contributed by atoms with Crippen molar-refractivity contribution in [3.63, 3.8) is 0 Å². The van der Waals surface area contributed by atoms with Gasteiger partial charge >= 0.3 is 0 Å². The van der Waals surface area contributed by atoms with Crippen LogP contribution in [0.15, 0.2) is 65.1 Å². The number of likely N-dealkylation sites (tertiary alicyclic amines) is 1. The molecule has 3 aromatic carbocycles. The number of nitrogens with zero attached hydrogens (tertiary/aromatic N) is 3. The van der Waals surface area contributed by atoms with Gasteiger partial charge in [0.15, 0.2) is 0 Å². The molecule has 1 fully saturated rings. The lowest BCUT2D eigenvalue weighted by atomic mass is 9.81. The molecule has 1 saturated heterocycles. The van der Waals surface area contributed by atoms with Crippen molar-refractivity contribution < 1.29 is 14.3 Å². The molecule has 5 rings (SSSR count). The molecule has 208 valence electrons. The van der Waals surface area contributed by atoms with E-state index in [1.54, 1.807) is 7.11 Å².